The van der Waals surface area contributed by atoms with Crippen molar-refractivity contribution in [2.75, 3.05) is 10.2 Å². The minimum atomic E-state index is -0.597. The number of anilines is 2. The van der Waals surface area contributed by atoms with Crippen molar-refractivity contribution in [2.24, 2.45) is 0 Å². The number of fused-ring (bicyclic) bond motifs is 1. The number of rotatable bonds is 3. The van der Waals surface area contributed by atoms with Gasteiger partial charge in [0.15, 0.2) is 12.0 Å². The highest BCUT2D eigenvalue weighted by atomic mass is 35.5. The lowest BCUT2D eigenvalue weighted by Gasteiger charge is -2.16. The van der Waals surface area contributed by atoms with Crippen molar-refractivity contribution in [3.05, 3.63) is 53.9 Å². The molecule has 2 aromatic carbocycles. The van der Waals surface area contributed by atoms with Crippen LogP contribution in [0, 0.1) is 0 Å². The number of imide groups is 1. The lowest BCUT2D eigenvalue weighted by molar-refractivity contribution is -0.106. The number of hydrogen-bond acceptors (Lipinski definition) is 4. The molecule has 1 N–H and O–H groups in total. The van der Waals surface area contributed by atoms with Gasteiger partial charge in [0, 0.05) is 10.7 Å². The van der Waals surface area contributed by atoms with Gasteiger partial charge in [0.25, 0.3) is 0 Å². The first kappa shape index (κ1) is 14.1. The fourth-order valence-electron chi connectivity index (χ4n) is 1.97. The van der Waals surface area contributed by atoms with Crippen LogP contribution < -0.4 is 10.2 Å². The van der Waals surface area contributed by atoms with Gasteiger partial charge in [0.05, 0.1) is 5.69 Å². The van der Waals surface area contributed by atoms with Crippen LogP contribution >= 0.6 is 11.6 Å². The summed E-state index contributed by atoms with van der Waals surface area (Å²) in [4.78, 5) is 28.4. The van der Waals surface area contributed by atoms with Crippen LogP contribution in [0.2, 0.25) is 5.02 Å². The Morgan fingerprint density at radius 2 is 2.14 bits per heavy atom. The molecule has 3 amide bonds. The molecule has 0 atom stereocenters. The first-order valence-electron chi connectivity index (χ1n) is 6.32. The molecule has 3 aromatic rings. The zero-order chi connectivity index (χ0) is 15.5. The Bertz CT molecular complexity index is 847. The second kappa shape index (κ2) is 5.87. The fourth-order valence-corrected chi connectivity index (χ4v) is 2.16. The Morgan fingerprint density at radius 1 is 1.27 bits per heavy atom. The van der Waals surface area contributed by atoms with Gasteiger partial charge in [-0.1, -0.05) is 17.7 Å². The van der Waals surface area contributed by atoms with Gasteiger partial charge >= 0.3 is 6.03 Å². The number of urea groups is 1. The molecule has 6 nitrogen and oxygen atoms in total. The predicted molar refractivity (Wildman–Crippen MR) is 83.0 cm³/mol. The van der Waals surface area contributed by atoms with Crippen LogP contribution in [-0.2, 0) is 4.79 Å². The monoisotopic (exact) mass is 315 g/mol. The predicted octanol–water partition coefficient (Wildman–Crippen LogP) is 3.68. The van der Waals surface area contributed by atoms with E-state index >= 15 is 0 Å². The summed E-state index contributed by atoms with van der Waals surface area (Å²) < 4.78 is 5.12. The summed E-state index contributed by atoms with van der Waals surface area (Å²) in [5.41, 5.74) is 2.10. The summed E-state index contributed by atoms with van der Waals surface area (Å²) in [5.74, 6) is 0. The summed E-state index contributed by atoms with van der Waals surface area (Å²) in [6.07, 6.45) is 1.75. The standard InChI is InChI=1S/C15H10ClN3O3/c16-10-2-1-3-12(6-10)19(9-20)15(21)18-11-4-5-14-13(7-11)17-8-22-14/h1-9H,(H,18,21). The van der Waals surface area contributed by atoms with Crippen LogP contribution in [-0.4, -0.2) is 17.4 Å². The number of carbonyl (C=O) groups excluding carboxylic acids is 2. The number of nitrogens with one attached hydrogen (secondary N) is 1. The Kier molecular flexibility index (Phi) is 3.76. The zero-order valence-corrected chi connectivity index (χ0v) is 11.9. The average Bonchev–Trinajstić information content (AvgIpc) is 2.95. The minimum absolute atomic E-state index is 0.377. The number of benzene rings is 2. The molecule has 0 bridgehead atoms. The lowest BCUT2D eigenvalue weighted by Crippen LogP contribution is -2.33. The van der Waals surface area contributed by atoms with E-state index < -0.39 is 6.03 Å². The summed E-state index contributed by atoms with van der Waals surface area (Å²) in [5, 5.41) is 3.06. The number of carbonyl (C=O) groups is 2. The highest BCUT2D eigenvalue weighted by Crippen LogP contribution is 2.21. The van der Waals surface area contributed by atoms with Crippen molar-refractivity contribution in [1.82, 2.24) is 4.98 Å². The normalized spacial score (nSPS) is 10.4. The van der Waals surface area contributed by atoms with Gasteiger partial charge in [0.1, 0.15) is 5.52 Å². The maximum absolute atomic E-state index is 12.2. The number of halogens is 1. The Morgan fingerprint density at radius 3 is 2.91 bits per heavy atom. The van der Waals surface area contributed by atoms with E-state index in [0.29, 0.717) is 33.9 Å². The number of nitrogens with zero attached hydrogens (tertiary/aromatic N) is 2. The topological polar surface area (TPSA) is 75.4 Å². The van der Waals surface area contributed by atoms with E-state index in [2.05, 4.69) is 10.3 Å². The summed E-state index contributed by atoms with van der Waals surface area (Å²) in [6, 6.07) is 10.8. The third-order valence-electron chi connectivity index (χ3n) is 2.99. The summed E-state index contributed by atoms with van der Waals surface area (Å²) in [7, 11) is 0. The smallest absolute Gasteiger partial charge is 0.332 e. The molecule has 110 valence electrons. The first-order chi connectivity index (χ1) is 10.7. The minimum Gasteiger partial charge on any atom is -0.443 e. The molecule has 0 saturated carbocycles. The van der Waals surface area contributed by atoms with E-state index in [4.69, 9.17) is 16.0 Å². The number of amides is 3. The summed E-state index contributed by atoms with van der Waals surface area (Å²) >= 11 is 5.87. The number of oxazole rings is 1. The van der Waals surface area contributed by atoms with Crippen molar-refractivity contribution in [3.8, 4) is 0 Å². The van der Waals surface area contributed by atoms with Crippen LogP contribution in [0.25, 0.3) is 11.1 Å². The van der Waals surface area contributed by atoms with Crippen molar-refractivity contribution >= 4 is 46.5 Å². The van der Waals surface area contributed by atoms with E-state index in [-0.39, 0.29) is 0 Å². The molecule has 1 aromatic heterocycles. The van der Waals surface area contributed by atoms with Gasteiger partial charge in [-0.2, -0.15) is 0 Å². The Hall–Kier alpha value is -2.86. The maximum Gasteiger partial charge on any atom is 0.332 e. The molecule has 0 saturated heterocycles. The van der Waals surface area contributed by atoms with Crippen molar-refractivity contribution in [3.63, 3.8) is 0 Å². The molecule has 3 rings (SSSR count). The van der Waals surface area contributed by atoms with Gasteiger partial charge in [-0.15, -0.1) is 0 Å². The maximum atomic E-state index is 12.2. The van der Waals surface area contributed by atoms with Gasteiger partial charge < -0.3 is 9.73 Å². The molecular weight excluding hydrogens is 306 g/mol. The van der Waals surface area contributed by atoms with Crippen LogP contribution in [0.3, 0.4) is 0 Å². The second-order valence-corrected chi connectivity index (χ2v) is 4.86. The highest BCUT2D eigenvalue weighted by Gasteiger charge is 2.15. The van der Waals surface area contributed by atoms with Crippen molar-refractivity contribution in [2.45, 2.75) is 0 Å². The first-order valence-corrected chi connectivity index (χ1v) is 6.69. The average molecular weight is 316 g/mol. The molecule has 0 aliphatic rings. The second-order valence-electron chi connectivity index (χ2n) is 4.42. The van der Waals surface area contributed by atoms with Gasteiger partial charge in [0.2, 0.25) is 6.41 Å². The third kappa shape index (κ3) is 2.77. The van der Waals surface area contributed by atoms with E-state index in [9.17, 15) is 9.59 Å². The molecule has 0 unspecified atom stereocenters. The molecule has 1 heterocycles. The third-order valence-corrected chi connectivity index (χ3v) is 3.23. The molecule has 0 spiro atoms. The molecule has 7 heteroatoms. The van der Waals surface area contributed by atoms with Crippen LogP contribution in [0.4, 0.5) is 16.2 Å². The van der Waals surface area contributed by atoms with Gasteiger partial charge in [-0.3, -0.25) is 4.79 Å². The molecule has 0 aliphatic carbocycles. The van der Waals surface area contributed by atoms with Gasteiger partial charge in [-0.05, 0) is 36.4 Å². The Balaban J connectivity index is 1.83. The summed E-state index contributed by atoms with van der Waals surface area (Å²) in [6.45, 7) is 0. The molecule has 0 fully saturated rings. The fraction of sp³-hybridized carbons (Fsp3) is 0. The highest BCUT2D eigenvalue weighted by molar-refractivity contribution is 6.31. The van der Waals surface area contributed by atoms with E-state index in [1.807, 2.05) is 0 Å². The number of aromatic nitrogens is 1. The number of hydrogen-bond donors (Lipinski definition) is 1. The lowest BCUT2D eigenvalue weighted by atomic mass is 10.3. The van der Waals surface area contributed by atoms with Crippen LogP contribution in [0.15, 0.2) is 53.3 Å². The van der Waals surface area contributed by atoms with Crippen molar-refractivity contribution in [1.29, 1.82) is 0 Å². The van der Waals surface area contributed by atoms with E-state index in [1.54, 1.807) is 36.4 Å². The molecule has 22 heavy (non-hydrogen) atoms. The molecule has 0 radical (unpaired) electrons. The van der Waals surface area contributed by atoms with Crippen molar-refractivity contribution < 1.29 is 14.0 Å². The largest absolute Gasteiger partial charge is 0.443 e. The van der Waals surface area contributed by atoms with Gasteiger partial charge in [-0.25, -0.2) is 14.7 Å². The Labute approximate surface area is 130 Å². The van der Waals surface area contributed by atoms with E-state index in [1.165, 1.54) is 12.5 Å². The molecular formula is C15H10ClN3O3. The van der Waals surface area contributed by atoms with Crippen LogP contribution in [0.1, 0.15) is 0 Å². The van der Waals surface area contributed by atoms with Crippen LogP contribution in [0.5, 0.6) is 0 Å². The van der Waals surface area contributed by atoms with E-state index in [0.717, 1.165) is 4.90 Å². The zero-order valence-electron chi connectivity index (χ0n) is 11.2. The molecule has 0 aliphatic heterocycles. The quantitative estimate of drug-likeness (QED) is 0.748. The SMILES string of the molecule is O=CN(C(=O)Nc1ccc2ocnc2c1)c1cccc(Cl)c1.